The highest BCUT2D eigenvalue weighted by atomic mass is 32.2. The van der Waals surface area contributed by atoms with Gasteiger partial charge in [-0.2, -0.15) is 8.78 Å². The summed E-state index contributed by atoms with van der Waals surface area (Å²) in [6.07, 6.45) is 0. The number of primary sulfonamides is 1. The van der Waals surface area contributed by atoms with Crippen molar-refractivity contribution in [3.63, 3.8) is 0 Å². The first-order valence-corrected chi connectivity index (χ1v) is 6.00. The van der Waals surface area contributed by atoms with Gasteiger partial charge in [0.2, 0.25) is 10.0 Å². The predicted octanol–water partition coefficient (Wildman–Crippen LogP) is 0.722. The van der Waals surface area contributed by atoms with Crippen molar-refractivity contribution in [3.8, 4) is 5.75 Å². The van der Waals surface area contributed by atoms with Crippen molar-refractivity contribution in [2.24, 2.45) is 5.14 Å². The van der Waals surface area contributed by atoms with Gasteiger partial charge >= 0.3 is 12.6 Å². The number of hydrogen-bond acceptors (Lipinski definition) is 5. The second-order valence-corrected chi connectivity index (χ2v) is 4.61. The van der Waals surface area contributed by atoms with Gasteiger partial charge in [0, 0.05) is 0 Å². The number of methoxy groups -OCH3 is 1. The number of ether oxygens (including phenoxy) is 2. The van der Waals surface area contributed by atoms with Gasteiger partial charge in [0.05, 0.1) is 12.7 Å². The fourth-order valence-electron chi connectivity index (χ4n) is 1.17. The summed E-state index contributed by atoms with van der Waals surface area (Å²) in [6.45, 7) is -3.21. The summed E-state index contributed by atoms with van der Waals surface area (Å²) in [5.74, 6) is -1.47. The van der Waals surface area contributed by atoms with Gasteiger partial charge in [0.15, 0.2) is 0 Å². The van der Waals surface area contributed by atoms with Crippen LogP contribution in [0.2, 0.25) is 0 Å². The highest BCUT2D eigenvalue weighted by molar-refractivity contribution is 7.89. The molecule has 0 saturated carbocycles. The second kappa shape index (κ2) is 5.27. The molecular formula is C9H9F2NO5S. The van der Waals surface area contributed by atoms with Crippen LogP contribution in [0, 0.1) is 0 Å². The number of carbonyl (C=O) groups is 1. The maximum atomic E-state index is 12.1. The molecule has 6 nitrogen and oxygen atoms in total. The number of esters is 1. The molecule has 1 rings (SSSR count). The number of rotatable bonds is 4. The molecule has 0 aliphatic carbocycles. The summed E-state index contributed by atoms with van der Waals surface area (Å²) in [5, 5.41) is 4.84. The summed E-state index contributed by atoms with van der Waals surface area (Å²) < 4.78 is 54.9. The van der Waals surface area contributed by atoms with Crippen molar-refractivity contribution in [3.05, 3.63) is 23.8 Å². The Morgan fingerprint density at radius 1 is 1.39 bits per heavy atom. The average molecular weight is 281 g/mol. The molecule has 0 fully saturated rings. The quantitative estimate of drug-likeness (QED) is 0.820. The Morgan fingerprint density at radius 2 is 2.00 bits per heavy atom. The van der Waals surface area contributed by atoms with Crippen LogP contribution in [0.15, 0.2) is 23.1 Å². The van der Waals surface area contributed by atoms with Crippen LogP contribution in [-0.4, -0.2) is 28.1 Å². The number of hydrogen-bond donors (Lipinski definition) is 1. The first kappa shape index (κ1) is 14.3. The van der Waals surface area contributed by atoms with Crippen LogP contribution >= 0.6 is 0 Å². The molecule has 0 amide bonds. The summed E-state index contributed by atoms with van der Waals surface area (Å²) in [5.41, 5.74) is -0.150. The van der Waals surface area contributed by atoms with Gasteiger partial charge in [0.1, 0.15) is 10.6 Å². The molecule has 0 atom stereocenters. The number of halogens is 2. The van der Waals surface area contributed by atoms with Crippen LogP contribution in [0.5, 0.6) is 5.75 Å². The monoisotopic (exact) mass is 281 g/mol. The largest absolute Gasteiger partial charge is 0.465 e. The summed E-state index contributed by atoms with van der Waals surface area (Å²) in [7, 11) is -3.22. The fourth-order valence-corrected chi connectivity index (χ4v) is 1.86. The molecule has 100 valence electrons. The van der Waals surface area contributed by atoms with E-state index >= 15 is 0 Å². The lowest BCUT2D eigenvalue weighted by atomic mass is 10.2. The third kappa shape index (κ3) is 3.37. The number of nitrogens with two attached hydrogens (primary N) is 1. The maximum absolute atomic E-state index is 12.1. The van der Waals surface area contributed by atoms with E-state index in [9.17, 15) is 22.0 Å². The lowest BCUT2D eigenvalue weighted by Gasteiger charge is -2.10. The first-order valence-electron chi connectivity index (χ1n) is 4.45. The zero-order chi connectivity index (χ0) is 13.9. The molecule has 0 bridgehead atoms. The molecule has 0 unspecified atom stereocenters. The smallest absolute Gasteiger partial charge is 0.387 e. The van der Waals surface area contributed by atoms with Crippen molar-refractivity contribution >= 4 is 16.0 Å². The molecule has 18 heavy (non-hydrogen) atoms. The molecule has 0 saturated heterocycles. The maximum Gasteiger partial charge on any atom is 0.387 e. The van der Waals surface area contributed by atoms with Gasteiger partial charge < -0.3 is 9.47 Å². The molecule has 0 spiro atoms. The van der Waals surface area contributed by atoms with Crippen LogP contribution < -0.4 is 9.88 Å². The standard InChI is InChI=1S/C9H9F2NO5S/c1-16-8(13)5-2-3-6(17-9(10)11)7(4-5)18(12,14)15/h2-4,9H,1H3,(H2,12,14,15). The molecule has 1 aromatic rings. The Kier molecular flexibility index (Phi) is 4.19. The summed E-state index contributed by atoms with van der Waals surface area (Å²) in [4.78, 5) is 10.5. The third-order valence-electron chi connectivity index (χ3n) is 1.89. The van der Waals surface area contributed by atoms with Crippen molar-refractivity contribution in [2.75, 3.05) is 7.11 Å². The normalized spacial score (nSPS) is 11.4. The van der Waals surface area contributed by atoms with Gasteiger partial charge in [-0.25, -0.2) is 18.4 Å². The van der Waals surface area contributed by atoms with Crippen LogP contribution in [0.4, 0.5) is 8.78 Å². The van der Waals surface area contributed by atoms with Gasteiger partial charge in [-0.3, -0.25) is 0 Å². The minimum atomic E-state index is -4.31. The number of benzene rings is 1. The minimum Gasteiger partial charge on any atom is -0.465 e. The minimum absolute atomic E-state index is 0.150. The highest BCUT2D eigenvalue weighted by Crippen LogP contribution is 2.26. The van der Waals surface area contributed by atoms with E-state index in [1.54, 1.807) is 0 Å². The summed E-state index contributed by atoms with van der Waals surface area (Å²) >= 11 is 0. The molecule has 0 radical (unpaired) electrons. The zero-order valence-corrected chi connectivity index (χ0v) is 9.91. The van der Waals surface area contributed by atoms with Crippen molar-refractivity contribution < 1.29 is 31.5 Å². The van der Waals surface area contributed by atoms with Crippen LogP contribution in [0.25, 0.3) is 0 Å². The van der Waals surface area contributed by atoms with Gasteiger partial charge in [-0.15, -0.1) is 0 Å². The number of sulfonamides is 1. The van der Waals surface area contributed by atoms with E-state index in [0.29, 0.717) is 0 Å². The van der Waals surface area contributed by atoms with Crippen molar-refractivity contribution in [2.45, 2.75) is 11.5 Å². The molecule has 2 N–H and O–H groups in total. The Balaban J connectivity index is 3.34. The first-order chi connectivity index (χ1) is 8.25. The van der Waals surface area contributed by atoms with Crippen LogP contribution in [0.1, 0.15) is 10.4 Å². The summed E-state index contributed by atoms with van der Waals surface area (Å²) in [6, 6.07) is 2.79. The fraction of sp³-hybridized carbons (Fsp3) is 0.222. The average Bonchev–Trinajstić information content (AvgIpc) is 2.26. The van der Waals surface area contributed by atoms with Crippen LogP contribution in [0.3, 0.4) is 0 Å². The van der Waals surface area contributed by atoms with E-state index in [1.165, 1.54) is 0 Å². The molecule has 9 heteroatoms. The van der Waals surface area contributed by atoms with E-state index in [4.69, 9.17) is 5.14 Å². The predicted molar refractivity (Wildman–Crippen MR) is 55.8 cm³/mol. The number of alkyl halides is 2. The molecule has 0 aromatic heterocycles. The lowest BCUT2D eigenvalue weighted by Crippen LogP contribution is -2.16. The third-order valence-corrected chi connectivity index (χ3v) is 2.82. The second-order valence-electron chi connectivity index (χ2n) is 3.08. The molecule has 0 aliphatic heterocycles. The zero-order valence-electron chi connectivity index (χ0n) is 9.09. The SMILES string of the molecule is COC(=O)c1ccc(OC(F)F)c(S(N)(=O)=O)c1. The highest BCUT2D eigenvalue weighted by Gasteiger charge is 2.20. The van der Waals surface area contributed by atoms with E-state index in [2.05, 4.69) is 9.47 Å². The van der Waals surface area contributed by atoms with Crippen molar-refractivity contribution in [1.82, 2.24) is 0 Å². The lowest BCUT2D eigenvalue weighted by molar-refractivity contribution is -0.0517. The van der Waals surface area contributed by atoms with Crippen LogP contribution in [-0.2, 0) is 14.8 Å². The molecular weight excluding hydrogens is 272 g/mol. The van der Waals surface area contributed by atoms with E-state index in [0.717, 1.165) is 25.3 Å². The molecule has 0 heterocycles. The van der Waals surface area contributed by atoms with E-state index in [-0.39, 0.29) is 5.56 Å². The van der Waals surface area contributed by atoms with E-state index < -0.39 is 33.2 Å². The number of carbonyl (C=O) groups excluding carboxylic acids is 1. The van der Waals surface area contributed by atoms with Gasteiger partial charge in [-0.05, 0) is 18.2 Å². The Hall–Kier alpha value is -1.74. The Labute approximate surface area is 101 Å². The Morgan fingerprint density at radius 3 is 2.44 bits per heavy atom. The van der Waals surface area contributed by atoms with Crippen molar-refractivity contribution in [1.29, 1.82) is 0 Å². The van der Waals surface area contributed by atoms with Gasteiger partial charge in [0.25, 0.3) is 0 Å². The van der Waals surface area contributed by atoms with E-state index in [1.807, 2.05) is 0 Å². The van der Waals surface area contributed by atoms with Gasteiger partial charge in [-0.1, -0.05) is 0 Å². The molecule has 1 aromatic carbocycles. The Bertz CT molecular complexity index is 558. The topological polar surface area (TPSA) is 95.7 Å². The molecule has 0 aliphatic rings.